The van der Waals surface area contributed by atoms with E-state index in [1.807, 2.05) is 42.2 Å². The maximum atomic E-state index is 13.5. The van der Waals surface area contributed by atoms with E-state index < -0.39 is 28.0 Å². The molecule has 0 radical (unpaired) electrons. The number of hydrogen-bond acceptors (Lipinski definition) is 5. The Morgan fingerprint density at radius 3 is 2.41 bits per heavy atom. The van der Waals surface area contributed by atoms with E-state index in [4.69, 9.17) is 5.73 Å². The minimum absolute atomic E-state index is 0.140. The molecule has 41 heavy (non-hydrogen) atoms. The van der Waals surface area contributed by atoms with Crippen LogP contribution in [-0.4, -0.2) is 86.4 Å². The summed E-state index contributed by atoms with van der Waals surface area (Å²) >= 11 is 0. The van der Waals surface area contributed by atoms with Crippen LogP contribution in [0.1, 0.15) is 64.4 Å². The number of benzene rings is 1. The van der Waals surface area contributed by atoms with E-state index in [9.17, 15) is 22.8 Å². The highest BCUT2D eigenvalue weighted by molar-refractivity contribution is 7.88. The first kappa shape index (κ1) is 32.5. The van der Waals surface area contributed by atoms with Crippen molar-refractivity contribution in [3.8, 4) is 0 Å². The largest absolute Gasteiger partial charge is 0.369 e. The van der Waals surface area contributed by atoms with E-state index >= 15 is 0 Å². The number of rotatable bonds is 12. The number of guanidine groups is 1. The number of carbonyl (C=O) groups excluding carboxylic acids is 3. The highest BCUT2D eigenvalue weighted by atomic mass is 32.2. The number of carbonyl (C=O) groups is 3. The van der Waals surface area contributed by atoms with Crippen LogP contribution < -0.4 is 15.8 Å². The molecule has 12 heteroatoms. The van der Waals surface area contributed by atoms with Crippen LogP contribution in [-0.2, 0) is 30.8 Å². The van der Waals surface area contributed by atoms with E-state index in [2.05, 4.69) is 22.0 Å². The fourth-order valence-corrected chi connectivity index (χ4v) is 6.15. The zero-order valence-electron chi connectivity index (χ0n) is 24.5. The van der Waals surface area contributed by atoms with Gasteiger partial charge < -0.3 is 20.9 Å². The first-order valence-corrected chi connectivity index (χ1v) is 16.6. The Balaban J connectivity index is 1.52. The summed E-state index contributed by atoms with van der Waals surface area (Å²) in [6.07, 6.45) is 6.85. The van der Waals surface area contributed by atoms with Gasteiger partial charge in [0.2, 0.25) is 21.8 Å². The van der Waals surface area contributed by atoms with Gasteiger partial charge in [0.25, 0.3) is 5.91 Å². The van der Waals surface area contributed by atoms with Crippen molar-refractivity contribution in [2.75, 3.05) is 32.4 Å². The van der Waals surface area contributed by atoms with E-state index in [0.29, 0.717) is 39.0 Å². The normalized spacial score (nSPS) is 20.1. The van der Waals surface area contributed by atoms with Gasteiger partial charge in [0.05, 0.1) is 6.26 Å². The summed E-state index contributed by atoms with van der Waals surface area (Å²) in [6.45, 7) is 6.16. The molecule has 1 aromatic carbocycles. The van der Waals surface area contributed by atoms with Crippen LogP contribution in [0.15, 0.2) is 35.3 Å². The molecular formula is C29H46N6O5S. The van der Waals surface area contributed by atoms with Crippen LogP contribution in [0.3, 0.4) is 0 Å². The van der Waals surface area contributed by atoms with Crippen molar-refractivity contribution in [2.24, 2.45) is 22.6 Å². The van der Waals surface area contributed by atoms with Gasteiger partial charge in [-0.2, -0.15) is 4.99 Å². The highest BCUT2D eigenvalue weighted by Gasteiger charge is 2.38. The van der Waals surface area contributed by atoms with Crippen molar-refractivity contribution in [1.82, 2.24) is 19.8 Å². The molecule has 0 aliphatic carbocycles. The molecule has 2 fully saturated rings. The summed E-state index contributed by atoms with van der Waals surface area (Å²) < 4.78 is 26.5. The summed E-state index contributed by atoms with van der Waals surface area (Å²) in [5.74, 6) is -0.431. The number of aliphatic imine (C=N–C) groups is 1. The molecule has 228 valence electrons. The molecule has 0 bridgehead atoms. The Labute approximate surface area is 244 Å². The van der Waals surface area contributed by atoms with Crippen LogP contribution in [0.2, 0.25) is 0 Å². The van der Waals surface area contributed by atoms with Crippen LogP contribution in [0.25, 0.3) is 0 Å². The SMILES string of the molecule is CCCCC(C)C(=O)N=C(N)N1CCC(CNC(=O)[C@@H]2CCCN2C(=O)[C@@H](Cc2ccccc2)NS(C)(=O)=O)CC1. The zero-order valence-corrected chi connectivity index (χ0v) is 25.4. The Morgan fingerprint density at radius 1 is 1.10 bits per heavy atom. The van der Waals surface area contributed by atoms with Crippen LogP contribution >= 0.6 is 0 Å². The molecule has 2 saturated heterocycles. The Bertz CT molecular complexity index is 1170. The molecule has 4 N–H and O–H groups in total. The third-order valence-electron chi connectivity index (χ3n) is 7.92. The lowest BCUT2D eigenvalue weighted by Crippen LogP contribution is -2.54. The van der Waals surface area contributed by atoms with Crippen molar-refractivity contribution in [1.29, 1.82) is 0 Å². The van der Waals surface area contributed by atoms with Crippen molar-refractivity contribution in [3.63, 3.8) is 0 Å². The molecule has 2 heterocycles. The number of unbranched alkanes of at least 4 members (excludes halogenated alkanes) is 1. The molecule has 3 amide bonds. The number of piperidine rings is 1. The van der Waals surface area contributed by atoms with Gasteiger partial charge in [0.1, 0.15) is 12.1 Å². The smallest absolute Gasteiger partial charge is 0.251 e. The topological polar surface area (TPSA) is 154 Å². The predicted molar refractivity (Wildman–Crippen MR) is 159 cm³/mol. The van der Waals surface area contributed by atoms with E-state index in [0.717, 1.165) is 43.9 Å². The van der Waals surface area contributed by atoms with Crippen LogP contribution in [0, 0.1) is 11.8 Å². The molecule has 2 aliphatic heterocycles. The lowest BCUT2D eigenvalue weighted by molar-refractivity contribution is -0.139. The van der Waals surface area contributed by atoms with Gasteiger partial charge in [0, 0.05) is 32.1 Å². The second kappa shape index (κ2) is 15.3. The minimum atomic E-state index is -3.64. The predicted octanol–water partition coefficient (Wildman–Crippen LogP) is 1.63. The molecule has 11 nitrogen and oxygen atoms in total. The van der Waals surface area contributed by atoms with E-state index in [-0.39, 0.29) is 36.0 Å². The number of likely N-dealkylation sites (tertiary alicyclic amines) is 2. The quantitative estimate of drug-likeness (QED) is 0.247. The number of nitrogens with one attached hydrogen (secondary N) is 2. The first-order valence-electron chi connectivity index (χ1n) is 14.7. The van der Waals surface area contributed by atoms with Crippen LogP contribution in [0.4, 0.5) is 0 Å². The van der Waals surface area contributed by atoms with E-state index in [1.54, 1.807) is 0 Å². The molecule has 1 unspecified atom stereocenters. The van der Waals surface area contributed by atoms with Crippen molar-refractivity contribution >= 4 is 33.7 Å². The lowest BCUT2D eigenvalue weighted by Gasteiger charge is -2.33. The number of amides is 3. The van der Waals surface area contributed by atoms with Crippen molar-refractivity contribution in [3.05, 3.63) is 35.9 Å². The van der Waals surface area contributed by atoms with Gasteiger partial charge in [0.15, 0.2) is 5.96 Å². The Morgan fingerprint density at radius 2 is 1.78 bits per heavy atom. The Kier molecular flexibility index (Phi) is 12.1. The summed E-state index contributed by atoms with van der Waals surface area (Å²) in [6, 6.07) is 7.59. The van der Waals surface area contributed by atoms with Gasteiger partial charge in [-0.1, -0.05) is 57.0 Å². The molecular weight excluding hydrogens is 544 g/mol. The first-order chi connectivity index (χ1) is 19.5. The molecule has 2 aliphatic rings. The Hall–Kier alpha value is -2.99. The van der Waals surface area contributed by atoms with Gasteiger partial charge in [-0.05, 0) is 50.0 Å². The molecule has 1 aromatic rings. The maximum absolute atomic E-state index is 13.5. The molecule has 3 rings (SSSR count). The van der Waals surface area contributed by atoms with Gasteiger partial charge in [-0.25, -0.2) is 13.1 Å². The maximum Gasteiger partial charge on any atom is 0.251 e. The van der Waals surface area contributed by atoms with Gasteiger partial charge in [-0.15, -0.1) is 0 Å². The lowest BCUT2D eigenvalue weighted by atomic mass is 9.96. The zero-order chi connectivity index (χ0) is 30.0. The summed E-state index contributed by atoms with van der Waals surface area (Å²) in [5, 5.41) is 3.02. The second-order valence-electron chi connectivity index (χ2n) is 11.3. The van der Waals surface area contributed by atoms with Crippen LogP contribution in [0.5, 0.6) is 0 Å². The molecule has 0 aromatic heterocycles. The highest BCUT2D eigenvalue weighted by Crippen LogP contribution is 2.21. The molecule has 0 spiro atoms. The number of sulfonamides is 1. The summed E-state index contributed by atoms with van der Waals surface area (Å²) in [4.78, 5) is 46.6. The van der Waals surface area contributed by atoms with E-state index in [1.165, 1.54) is 4.90 Å². The summed E-state index contributed by atoms with van der Waals surface area (Å²) in [5.41, 5.74) is 6.95. The average Bonchev–Trinajstić information content (AvgIpc) is 3.44. The number of nitrogens with zero attached hydrogens (tertiary/aromatic N) is 3. The fraction of sp³-hybridized carbons (Fsp3) is 0.655. The molecule has 0 saturated carbocycles. The molecule has 3 atom stereocenters. The third-order valence-corrected chi connectivity index (χ3v) is 8.63. The number of hydrogen-bond donors (Lipinski definition) is 3. The van der Waals surface area contributed by atoms with Gasteiger partial charge in [-0.3, -0.25) is 14.4 Å². The monoisotopic (exact) mass is 590 g/mol. The van der Waals surface area contributed by atoms with Gasteiger partial charge >= 0.3 is 0 Å². The second-order valence-corrected chi connectivity index (χ2v) is 13.1. The van der Waals surface area contributed by atoms with Crippen molar-refractivity contribution < 1.29 is 22.8 Å². The standard InChI is InChI=1S/C29H46N6O5S/c1-4-5-10-21(2)26(36)32-29(30)34-17-14-23(15-18-34)20-31-27(37)25-13-9-16-35(25)28(38)24(33-41(3,39)40)19-22-11-7-6-8-12-22/h6-8,11-12,21,23-25,33H,4-5,9-10,13-20H2,1-3H3,(H,31,37)(H2,30,32,36)/t21?,24-,25+/m1/s1. The third kappa shape index (κ3) is 10.1. The number of nitrogens with two attached hydrogens (primary N) is 1. The fourth-order valence-electron chi connectivity index (χ4n) is 5.45. The van der Waals surface area contributed by atoms with Crippen molar-refractivity contribution in [2.45, 2.75) is 77.3 Å². The minimum Gasteiger partial charge on any atom is -0.369 e. The summed E-state index contributed by atoms with van der Waals surface area (Å²) in [7, 11) is -3.64. The average molecular weight is 591 g/mol.